The van der Waals surface area contributed by atoms with Crippen molar-refractivity contribution in [2.45, 2.75) is 33.7 Å². The molecule has 1 unspecified atom stereocenters. The SMILES string of the molecule is CC(NC(=O)c1cccc(=O)[nH]1)C(C)(C)C. The number of carbonyl (C=O) groups is 1. The summed E-state index contributed by atoms with van der Waals surface area (Å²) in [6.45, 7) is 8.09. The van der Waals surface area contributed by atoms with E-state index >= 15 is 0 Å². The van der Waals surface area contributed by atoms with E-state index in [1.165, 1.54) is 6.07 Å². The van der Waals surface area contributed by atoms with E-state index < -0.39 is 0 Å². The van der Waals surface area contributed by atoms with Crippen molar-refractivity contribution in [1.82, 2.24) is 10.3 Å². The van der Waals surface area contributed by atoms with Crippen molar-refractivity contribution in [3.05, 3.63) is 34.2 Å². The number of aromatic amines is 1. The molecule has 0 spiro atoms. The molecule has 1 atom stereocenters. The van der Waals surface area contributed by atoms with Gasteiger partial charge in [0.15, 0.2) is 0 Å². The number of carbonyl (C=O) groups excluding carboxylic acids is 1. The number of rotatable bonds is 2. The van der Waals surface area contributed by atoms with Gasteiger partial charge in [-0.3, -0.25) is 9.59 Å². The van der Waals surface area contributed by atoms with Crippen LogP contribution in [-0.4, -0.2) is 16.9 Å². The van der Waals surface area contributed by atoms with Crippen molar-refractivity contribution < 1.29 is 4.79 Å². The van der Waals surface area contributed by atoms with Crippen molar-refractivity contribution in [2.75, 3.05) is 0 Å². The minimum atomic E-state index is -0.268. The van der Waals surface area contributed by atoms with Crippen molar-refractivity contribution in [2.24, 2.45) is 5.41 Å². The van der Waals surface area contributed by atoms with E-state index in [9.17, 15) is 9.59 Å². The van der Waals surface area contributed by atoms with E-state index in [1.54, 1.807) is 12.1 Å². The van der Waals surface area contributed by atoms with Gasteiger partial charge in [-0.15, -0.1) is 0 Å². The first-order valence-corrected chi connectivity index (χ1v) is 5.31. The molecule has 0 aliphatic carbocycles. The molecule has 4 heteroatoms. The molecule has 0 aliphatic rings. The molecule has 4 nitrogen and oxygen atoms in total. The first-order chi connectivity index (χ1) is 7.30. The Hall–Kier alpha value is -1.58. The maximum atomic E-state index is 11.8. The zero-order chi connectivity index (χ0) is 12.3. The summed E-state index contributed by atoms with van der Waals surface area (Å²) in [5, 5.41) is 2.85. The molecule has 1 amide bonds. The van der Waals surface area contributed by atoms with E-state index in [-0.39, 0.29) is 22.9 Å². The molecule has 16 heavy (non-hydrogen) atoms. The molecule has 2 N–H and O–H groups in total. The quantitative estimate of drug-likeness (QED) is 0.797. The Balaban J connectivity index is 2.77. The molecule has 1 aromatic heterocycles. The summed E-state index contributed by atoms with van der Waals surface area (Å²) in [6.07, 6.45) is 0. The van der Waals surface area contributed by atoms with Crippen LogP contribution in [0.2, 0.25) is 0 Å². The second-order valence-electron chi connectivity index (χ2n) is 4.99. The highest BCUT2D eigenvalue weighted by atomic mass is 16.2. The van der Waals surface area contributed by atoms with Gasteiger partial charge < -0.3 is 10.3 Å². The summed E-state index contributed by atoms with van der Waals surface area (Å²) in [5.74, 6) is -0.250. The first kappa shape index (κ1) is 12.5. The summed E-state index contributed by atoms with van der Waals surface area (Å²) in [6, 6.07) is 4.56. The molecule has 1 aromatic rings. The largest absolute Gasteiger partial charge is 0.348 e. The third-order valence-electron chi connectivity index (χ3n) is 2.66. The molecule has 0 radical (unpaired) electrons. The normalized spacial score (nSPS) is 13.2. The Morgan fingerprint density at radius 1 is 1.38 bits per heavy atom. The van der Waals surface area contributed by atoms with Gasteiger partial charge in [0.1, 0.15) is 5.69 Å². The number of hydrogen-bond acceptors (Lipinski definition) is 2. The Morgan fingerprint density at radius 2 is 2.00 bits per heavy atom. The third kappa shape index (κ3) is 3.22. The standard InChI is InChI=1S/C12H18N2O2/c1-8(12(2,3)4)13-11(16)9-6-5-7-10(15)14-9/h5-8H,1-4H3,(H,13,16)(H,14,15). The molecule has 0 saturated carbocycles. The predicted molar refractivity (Wildman–Crippen MR) is 63.4 cm³/mol. The second kappa shape index (κ2) is 4.51. The molecular weight excluding hydrogens is 204 g/mol. The van der Waals surface area contributed by atoms with Gasteiger partial charge in [-0.05, 0) is 18.4 Å². The Morgan fingerprint density at radius 3 is 2.50 bits per heavy atom. The molecule has 1 rings (SSSR count). The monoisotopic (exact) mass is 222 g/mol. The van der Waals surface area contributed by atoms with Crippen molar-refractivity contribution >= 4 is 5.91 Å². The minimum Gasteiger partial charge on any atom is -0.348 e. The molecule has 0 bridgehead atoms. The lowest BCUT2D eigenvalue weighted by Crippen LogP contribution is -2.42. The fraction of sp³-hybridized carbons (Fsp3) is 0.500. The van der Waals surface area contributed by atoms with Crippen LogP contribution in [0.5, 0.6) is 0 Å². The summed E-state index contributed by atoms with van der Waals surface area (Å²) >= 11 is 0. The Bertz CT molecular complexity index is 429. The number of aromatic nitrogens is 1. The zero-order valence-electron chi connectivity index (χ0n) is 10.1. The van der Waals surface area contributed by atoms with Gasteiger partial charge in [0.05, 0.1) is 0 Å². The van der Waals surface area contributed by atoms with Gasteiger partial charge in [-0.1, -0.05) is 26.8 Å². The van der Waals surface area contributed by atoms with Crippen LogP contribution in [0, 0.1) is 5.41 Å². The first-order valence-electron chi connectivity index (χ1n) is 5.31. The fourth-order valence-electron chi connectivity index (χ4n) is 1.07. The van der Waals surface area contributed by atoms with Gasteiger partial charge >= 0.3 is 0 Å². The van der Waals surface area contributed by atoms with Crippen molar-refractivity contribution in [3.8, 4) is 0 Å². The molecule has 1 heterocycles. The summed E-state index contributed by atoms with van der Waals surface area (Å²) in [4.78, 5) is 25.3. The van der Waals surface area contributed by atoms with Crippen LogP contribution < -0.4 is 10.9 Å². The van der Waals surface area contributed by atoms with E-state index in [1.807, 2.05) is 27.7 Å². The summed E-state index contributed by atoms with van der Waals surface area (Å²) in [5.41, 5.74) is 0.0183. The number of pyridine rings is 1. The maximum Gasteiger partial charge on any atom is 0.268 e. The van der Waals surface area contributed by atoms with E-state index in [4.69, 9.17) is 0 Å². The molecule has 0 fully saturated rings. The second-order valence-corrected chi connectivity index (χ2v) is 4.99. The fourth-order valence-corrected chi connectivity index (χ4v) is 1.07. The molecule has 0 aliphatic heterocycles. The zero-order valence-corrected chi connectivity index (χ0v) is 10.1. The van der Waals surface area contributed by atoms with Gasteiger partial charge in [-0.2, -0.15) is 0 Å². The van der Waals surface area contributed by atoms with Gasteiger partial charge in [0.2, 0.25) is 5.56 Å². The van der Waals surface area contributed by atoms with E-state index in [0.717, 1.165) is 0 Å². The molecule has 88 valence electrons. The number of hydrogen-bond donors (Lipinski definition) is 2. The number of amides is 1. The van der Waals surface area contributed by atoms with Crippen LogP contribution in [0.15, 0.2) is 23.0 Å². The maximum absolute atomic E-state index is 11.8. The lowest BCUT2D eigenvalue weighted by Gasteiger charge is -2.27. The number of nitrogens with one attached hydrogen (secondary N) is 2. The molecular formula is C12H18N2O2. The Kier molecular flexibility index (Phi) is 3.52. The molecule has 0 saturated heterocycles. The van der Waals surface area contributed by atoms with Crippen molar-refractivity contribution in [3.63, 3.8) is 0 Å². The van der Waals surface area contributed by atoms with Crippen LogP contribution in [0.4, 0.5) is 0 Å². The number of H-pyrrole nitrogens is 1. The topological polar surface area (TPSA) is 62.0 Å². The Labute approximate surface area is 95.1 Å². The molecule has 0 aromatic carbocycles. The van der Waals surface area contributed by atoms with Gasteiger partial charge in [-0.25, -0.2) is 0 Å². The summed E-state index contributed by atoms with van der Waals surface area (Å²) < 4.78 is 0. The minimum absolute atomic E-state index is 0.00919. The van der Waals surface area contributed by atoms with E-state index in [0.29, 0.717) is 5.69 Å². The lowest BCUT2D eigenvalue weighted by atomic mass is 9.88. The smallest absolute Gasteiger partial charge is 0.268 e. The van der Waals surface area contributed by atoms with Crippen LogP contribution >= 0.6 is 0 Å². The highest BCUT2D eigenvalue weighted by Crippen LogP contribution is 2.18. The summed E-state index contributed by atoms with van der Waals surface area (Å²) in [7, 11) is 0. The van der Waals surface area contributed by atoms with Crippen molar-refractivity contribution in [1.29, 1.82) is 0 Å². The average Bonchev–Trinajstić information content (AvgIpc) is 2.16. The van der Waals surface area contributed by atoms with Gasteiger partial charge in [0, 0.05) is 12.1 Å². The highest BCUT2D eigenvalue weighted by molar-refractivity contribution is 5.92. The average molecular weight is 222 g/mol. The van der Waals surface area contributed by atoms with Crippen LogP contribution in [0.3, 0.4) is 0 Å². The lowest BCUT2D eigenvalue weighted by molar-refractivity contribution is 0.0905. The van der Waals surface area contributed by atoms with Crippen LogP contribution in [0.1, 0.15) is 38.2 Å². The van der Waals surface area contributed by atoms with Gasteiger partial charge in [0.25, 0.3) is 5.91 Å². The third-order valence-corrected chi connectivity index (χ3v) is 2.66. The van der Waals surface area contributed by atoms with Crippen LogP contribution in [-0.2, 0) is 0 Å². The van der Waals surface area contributed by atoms with Crippen LogP contribution in [0.25, 0.3) is 0 Å². The van der Waals surface area contributed by atoms with E-state index in [2.05, 4.69) is 10.3 Å². The highest BCUT2D eigenvalue weighted by Gasteiger charge is 2.22. The predicted octanol–water partition coefficient (Wildman–Crippen LogP) is 1.54.